The number of nitrogens with one attached hydrogen (secondary N) is 1. The minimum absolute atomic E-state index is 0.0231. The van der Waals surface area contributed by atoms with Crippen molar-refractivity contribution in [1.82, 2.24) is 19.5 Å². The quantitative estimate of drug-likeness (QED) is 0.609. The number of hydrogen-bond donors (Lipinski definition) is 1. The minimum atomic E-state index is -3.93. The van der Waals surface area contributed by atoms with Crippen LogP contribution in [0, 0.1) is 6.92 Å². The van der Waals surface area contributed by atoms with Gasteiger partial charge in [0.1, 0.15) is 12.7 Å². The number of carbonyl (C=O) groups excluding carboxylic acids is 1. The Balaban J connectivity index is 1.96. The average Bonchev–Trinajstić information content (AvgIpc) is 3.20. The summed E-state index contributed by atoms with van der Waals surface area (Å²) in [5, 5.41) is 4.06. The van der Waals surface area contributed by atoms with Crippen molar-refractivity contribution in [3.63, 3.8) is 0 Å². The summed E-state index contributed by atoms with van der Waals surface area (Å²) in [6, 6.07) is 13.1. The maximum atomic E-state index is 13.1. The second kappa shape index (κ2) is 8.32. The van der Waals surface area contributed by atoms with Crippen molar-refractivity contribution in [2.75, 3.05) is 7.11 Å². The summed E-state index contributed by atoms with van der Waals surface area (Å²) in [5.74, 6) is -0.598. The highest BCUT2D eigenvalue weighted by molar-refractivity contribution is 7.89. The van der Waals surface area contributed by atoms with E-state index in [0.717, 1.165) is 5.56 Å². The molecule has 0 fully saturated rings. The fourth-order valence-electron chi connectivity index (χ4n) is 2.80. The smallest absolute Gasteiger partial charge is 0.337 e. The van der Waals surface area contributed by atoms with E-state index in [9.17, 15) is 13.2 Å². The first-order valence-corrected chi connectivity index (χ1v) is 9.97. The monoisotopic (exact) mass is 400 g/mol. The predicted octanol–water partition coefficient (Wildman–Crippen LogP) is 2.09. The molecule has 1 N–H and O–H groups in total. The van der Waals surface area contributed by atoms with Crippen molar-refractivity contribution >= 4 is 16.0 Å². The van der Waals surface area contributed by atoms with Crippen LogP contribution in [0.4, 0.5) is 0 Å². The van der Waals surface area contributed by atoms with Crippen LogP contribution in [0.1, 0.15) is 27.5 Å². The molecule has 1 heterocycles. The molecule has 8 nitrogen and oxygen atoms in total. The van der Waals surface area contributed by atoms with Gasteiger partial charge in [-0.1, -0.05) is 36.4 Å². The van der Waals surface area contributed by atoms with Gasteiger partial charge < -0.3 is 4.74 Å². The zero-order valence-corrected chi connectivity index (χ0v) is 16.3. The molecule has 1 unspecified atom stereocenters. The van der Waals surface area contributed by atoms with Crippen molar-refractivity contribution in [3.05, 3.63) is 77.9 Å². The van der Waals surface area contributed by atoms with E-state index < -0.39 is 22.0 Å². The van der Waals surface area contributed by atoms with Crippen LogP contribution in [0.3, 0.4) is 0 Å². The molecule has 9 heteroatoms. The summed E-state index contributed by atoms with van der Waals surface area (Å²) >= 11 is 0. The maximum Gasteiger partial charge on any atom is 0.337 e. The number of benzene rings is 2. The van der Waals surface area contributed by atoms with Crippen molar-refractivity contribution in [1.29, 1.82) is 0 Å². The molecule has 0 saturated heterocycles. The Morgan fingerprint density at radius 3 is 2.61 bits per heavy atom. The Kier molecular flexibility index (Phi) is 5.86. The van der Waals surface area contributed by atoms with Crippen LogP contribution in [0.25, 0.3) is 0 Å². The highest BCUT2D eigenvalue weighted by Gasteiger charge is 2.25. The van der Waals surface area contributed by atoms with Gasteiger partial charge >= 0.3 is 5.97 Å². The molecule has 0 spiro atoms. The zero-order valence-electron chi connectivity index (χ0n) is 15.4. The molecule has 28 heavy (non-hydrogen) atoms. The van der Waals surface area contributed by atoms with Crippen LogP contribution >= 0.6 is 0 Å². The molecule has 0 amide bonds. The number of hydrogen-bond acceptors (Lipinski definition) is 6. The van der Waals surface area contributed by atoms with Gasteiger partial charge in [0.25, 0.3) is 0 Å². The topological polar surface area (TPSA) is 103 Å². The van der Waals surface area contributed by atoms with Crippen molar-refractivity contribution in [2.24, 2.45) is 0 Å². The van der Waals surface area contributed by atoms with E-state index in [-0.39, 0.29) is 17.0 Å². The van der Waals surface area contributed by atoms with E-state index in [2.05, 4.69) is 14.8 Å². The van der Waals surface area contributed by atoms with E-state index in [0.29, 0.717) is 5.56 Å². The van der Waals surface area contributed by atoms with Gasteiger partial charge in [-0.15, -0.1) is 0 Å². The number of nitrogens with zero attached hydrogens (tertiary/aromatic N) is 3. The number of rotatable bonds is 7. The SMILES string of the molecule is COC(=O)c1ccc(C)c(S(=O)(=O)NC(Cn2cncn2)c2ccccc2)c1. The van der Waals surface area contributed by atoms with Crippen LogP contribution in [0.2, 0.25) is 0 Å². The number of aryl methyl sites for hydroxylation is 1. The first kappa shape index (κ1) is 19.7. The van der Waals surface area contributed by atoms with Crippen LogP contribution < -0.4 is 4.72 Å². The fraction of sp³-hybridized carbons (Fsp3) is 0.211. The Morgan fingerprint density at radius 1 is 1.21 bits per heavy atom. The Bertz CT molecular complexity index is 1050. The largest absolute Gasteiger partial charge is 0.465 e. The molecule has 0 bridgehead atoms. The summed E-state index contributed by atoms with van der Waals surface area (Å²) in [6.45, 7) is 1.93. The first-order valence-electron chi connectivity index (χ1n) is 8.49. The number of carbonyl (C=O) groups is 1. The molecule has 3 aromatic rings. The summed E-state index contributed by atoms with van der Waals surface area (Å²) in [5.41, 5.74) is 1.47. The third-order valence-electron chi connectivity index (χ3n) is 4.23. The van der Waals surface area contributed by atoms with E-state index in [4.69, 9.17) is 4.74 Å². The van der Waals surface area contributed by atoms with Gasteiger partial charge in [0.2, 0.25) is 10.0 Å². The third kappa shape index (κ3) is 4.44. The van der Waals surface area contributed by atoms with Crippen LogP contribution in [-0.4, -0.2) is 36.3 Å². The van der Waals surface area contributed by atoms with E-state index in [1.165, 1.54) is 31.9 Å². The molecule has 3 rings (SSSR count). The summed E-state index contributed by atoms with van der Waals surface area (Å²) in [7, 11) is -2.68. The molecular weight excluding hydrogens is 380 g/mol. The number of esters is 1. The molecule has 0 aliphatic carbocycles. The number of methoxy groups -OCH3 is 1. The molecular formula is C19H20N4O4S. The van der Waals surface area contributed by atoms with Crippen molar-refractivity contribution < 1.29 is 17.9 Å². The van der Waals surface area contributed by atoms with E-state index in [1.54, 1.807) is 17.7 Å². The first-order chi connectivity index (χ1) is 13.4. The highest BCUT2D eigenvalue weighted by atomic mass is 32.2. The molecule has 1 atom stereocenters. The van der Waals surface area contributed by atoms with Gasteiger partial charge in [0, 0.05) is 0 Å². The molecule has 2 aromatic carbocycles. The van der Waals surface area contributed by atoms with Crippen LogP contribution in [0.5, 0.6) is 0 Å². The van der Waals surface area contributed by atoms with Gasteiger partial charge in [0.15, 0.2) is 0 Å². The molecule has 0 aliphatic rings. The van der Waals surface area contributed by atoms with Crippen molar-refractivity contribution in [3.8, 4) is 0 Å². The second-order valence-electron chi connectivity index (χ2n) is 6.17. The summed E-state index contributed by atoms with van der Waals surface area (Å²) in [4.78, 5) is 15.7. The molecule has 146 valence electrons. The van der Waals surface area contributed by atoms with Gasteiger partial charge in [-0.25, -0.2) is 22.9 Å². The zero-order chi connectivity index (χ0) is 20.1. The normalized spacial score (nSPS) is 12.5. The highest BCUT2D eigenvalue weighted by Crippen LogP contribution is 2.22. The lowest BCUT2D eigenvalue weighted by atomic mass is 10.1. The van der Waals surface area contributed by atoms with E-state index >= 15 is 0 Å². The molecule has 0 radical (unpaired) electrons. The second-order valence-corrected chi connectivity index (χ2v) is 7.86. The number of sulfonamides is 1. The summed E-state index contributed by atoms with van der Waals surface area (Å²) in [6.07, 6.45) is 2.91. The lowest BCUT2D eigenvalue weighted by Crippen LogP contribution is -2.32. The lowest BCUT2D eigenvalue weighted by Gasteiger charge is -2.20. The minimum Gasteiger partial charge on any atom is -0.465 e. The number of ether oxygens (including phenoxy) is 1. The van der Waals surface area contributed by atoms with Crippen molar-refractivity contribution in [2.45, 2.75) is 24.4 Å². The van der Waals surface area contributed by atoms with Crippen LogP contribution in [0.15, 0.2) is 66.1 Å². The molecule has 0 aliphatic heterocycles. The maximum absolute atomic E-state index is 13.1. The van der Waals surface area contributed by atoms with E-state index in [1.807, 2.05) is 30.3 Å². The van der Waals surface area contributed by atoms with Crippen LogP contribution in [-0.2, 0) is 21.3 Å². The fourth-order valence-corrected chi connectivity index (χ4v) is 4.28. The molecule has 0 saturated carbocycles. The third-order valence-corrected chi connectivity index (χ3v) is 5.85. The van der Waals surface area contributed by atoms with Gasteiger partial charge in [-0.05, 0) is 30.2 Å². The Morgan fingerprint density at radius 2 is 1.96 bits per heavy atom. The lowest BCUT2D eigenvalue weighted by molar-refractivity contribution is 0.0600. The van der Waals surface area contributed by atoms with Gasteiger partial charge in [-0.3, -0.25) is 4.68 Å². The Labute approximate surface area is 163 Å². The molecule has 1 aromatic heterocycles. The Hall–Kier alpha value is -3.04. The predicted molar refractivity (Wildman–Crippen MR) is 102 cm³/mol. The van der Waals surface area contributed by atoms with Gasteiger partial charge in [0.05, 0.1) is 30.2 Å². The van der Waals surface area contributed by atoms with Gasteiger partial charge in [-0.2, -0.15) is 5.10 Å². The number of aromatic nitrogens is 3. The average molecular weight is 400 g/mol. The standard InChI is InChI=1S/C19H20N4O4S/c1-14-8-9-16(19(24)27-2)10-18(14)28(25,26)22-17(11-23-13-20-12-21-23)15-6-4-3-5-7-15/h3-10,12-13,17,22H,11H2,1-2H3. The summed E-state index contributed by atoms with van der Waals surface area (Å²) < 4.78 is 35.2.